The third kappa shape index (κ3) is 7.98. The molecule has 9 nitrogen and oxygen atoms in total. The Balaban J connectivity index is 1.26. The van der Waals surface area contributed by atoms with E-state index in [4.69, 9.17) is 10.00 Å². The fourth-order valence-corrected chi connectivity index (χ4v) is 4.10. The van der Waals surface area contributed by atoms with Crippen LogP contribution in [-0.2, 0) is 17.9 Å². The summed E-state index contributed by atoms with van der Waals surface area (Å²) in [5.41, 5.74) is 2.49. The lowest BCUT2D eigenvalue weighted by molar-refractivity contribution is -0.274. The smallest absolute Gasteiger partial charge is 0.472 e. The van der Waals surface area contributed by atoms with E-state index in [9.17, 15) is 18.0 Å². The number of aromatic nitrogens is 2. The molecule has 0 radical (unpaired) electrons. The molecule has 2 aromatic carbocycles. The molecule has 1 saturated heterocycles. The van der Waals surface area contributed by atoms with Gasteiger partial charge in [-0.05, 0) is 47.5 Å². The van der Waals surface area contributed by atoms with Crippen molar-refractivity contribution in [3.8, 4) is 17.7 Å². The summed E-state index contributed by atoms with van der Waals surface area (Å²) in [6, 6.07) is 16.8. The molecule has 0 bridgehead atoms. The molecular formula is C27H27F3N6O3. The van der Waals surface area contributed by atoms with Gasteiger partial charge in [-0.25, -0.2) is 0 Å². The Bertz CT molecular complexity index is 1300. The SMILES string of the molecule is CCC(=O)N1CCN(c2ccc(CNc3ccc(OCc4cc(C#N)cc(OC(F)(F)F)c4)nn3)cc2)CC1. The van der Waals surface area contributed by atoms with Crippen molar-refractivity contribution in [2.24, 2.45) is 0 Å². The maximum Gasteiger partial charge on any atom is 0.573 e. The topological polar surface area (TPSA) is 104 Å². The minimum atomic E-state index is -4.87. The Hall–Kier alpha value is -4.53. The van der Waals surface area contributed by atoms with Crippen molar-refractivity contribution in [1.29, 1.82) is 5.26 Å². The average molecular weight is 541 g/mol. The first-order chi connectivity index (χ1) is 18.7. The first-order valence-corrected chi connectivity index (χ1v) is 12.3. The fraction of sp³-hybridized carbons (Fsp3) is 0.333. The van der Waals surface area contributed by atoms with Crippen LogP contribution in [0.25, 0.3) is 0 Å². The van der Waals surface area contributed by atoms with Gasteiger partial charge >= 0.3 is 6.36 Å². The fourth-order valence-electron chi connectivity index (χ4n) is 4.10. The summed E-state index contributed by atoms with van der Waals surface area (Å²) in [5.74, 6) is 0.393. The number of anilines is 2. The monoisotopic (exact) mass is 540 g/mol. The van der Waals surface area contributed by atoms with E-state index in [0.717, 1.165) is 49.6 Å². The van der Waals surface area contributed by atoms with Crippen molar-refractivity contribution in [3.05, 3.63) is 71.3 Å². The number of hydrogen-bond donors (Lipinski definition) is 1. The average Bonchev–Trinajstić information content (AvgIpc) is 2.94. The van der Waals surface area contributed by atoms with Crippen molar-refractivity contribution in [3.63, 3.8) is 0 Å². The van der Waals surface area contributed by atoms with Crippen LogP contribution in [0.3, 0.4) is 0 Å². The Labute approximate surface area is 223 Å². The number of halogens is 3. The zero-order valence-corrected chi connectivity index (χ0v) is 21.2. The summed E-state index contributed by atoms with van der Waals surface area (Å²) in [4.78, 5) is 16.0. The predicted molar refractivity (Wildman–Crippen MR) is 137 cm³/mol. The van der Waals surface area contributed by atoms with Crippen LogP contribution in [0, 0.1) is 11.3 Å². The largest absolute Gasteiger partial charge is 0.573 e. The highest BCUT2D eigenvalue weighted by Crippen LogP contribution is 2.26. The maximum atomic E-state index is 12.5. The first-order valence-electron chi connectivity index (χ1n) is 12.3. The molecule has 0 atom stereocenters. The molecule has 0 saturated carbocycles. The van der Waals surface area contributed by atoms with E-state index < -0.39 is 12.1 Å². The van der Waals surface area contributed by atoms with Gasteiger partial charge in [-0.1, -0.05) is 19.1 Å². The van der Waals surface area contributed by atoms with E-state index >= 15 is 0 Å². The van der Waals surface area contributed by atoms with E-state index in [1.54, 1.807) is 18.2 Å². The third-order valence-corrected chi connectivity index (χ3v) is 6.07. The molecule has 204 valence electrons. The minimum absolute atomic E-state index is 0.0139. The molecule has 0 spiro atoms. The second-order valence-corrected chi connectivity index (χ2v) is 8.81. The van der Waals surface area contributed by atoms with Crippen molar-refractivity contribution in [2.45, 2.75) is 32.9 Å². The van der Waals surface area contributed by atoms with E-state index in [-0.39, 0.29) is 24.0 Å². The van der Waals surface area contributed by atoms with Crippen molar-refractivity contribution >= 4 is 17.4 Å². The van der Waals surface area contributed by atoms with Gasteiger partial charge in [0.15, 0.2) is 0 Å². The number of ether oxygens (including phenoxy) is 2. The summed E-state index contributed by atoms with van der Waals surface area (Å²) >= 11 is 0. The molecule has 1 aromatic heterocycles. The zero-order valence-electron chi connectivity index (χ0n) is 21.2. The summed E-state index contributed by atoms with van der Waals surface area (Å²) in [6.07, 6.45) is -4.33. The number of nitrogens with one attached hydrogen (secondary N) is 1. The molecule has 0 unspecified atom stereocenters. The molecule has 1 aliphatic rings. The normalized spacial score (nSPS) is 13.5. The van der Waals surface area contributed by atoms with Gasteiger partial charge in [0.1, 0.15) is 18.2 Å². The van der Waals surface area contributed by atoms with Crippen molar-refractivity contribution < 1.29 is 27.4 Å². The molecule has 4 rings (SSSR count). The van der Waals surface area contributed by atoms with Crippen LogP contribution in [0.2, 0.25) is 0 Å². The van der Waals surface area contributed by atoms with Gasteiger partial charge < -0.3 is 24.6 Å². The molecule has 1 fully saturated rings. The number of nitriles is 1. The quantitative estimate of drug-likeness (QED) is 0.423. The number of rotatable bonds is 9. The summed E-state index contributed by atoms with van der Waals surface area (Å²) in [6.45, 7) is 5.35. The Morgan fingerprint density at radius 2 is 1.77 bits per heavy atom. The van der Waals surface area contributed by atoms with Crippen LogP contribution in [0.5, 0.6) is 11.6 Å². The lowest BCUT2D eigenvalue weighted by atomic mass is 10.1. The molecule has 2 heterocycles. The molecule has 1 amide bonds. The predicted octanol–water partition coefficient (Wildman–Crippen LogP) is 4.50. The number of piperazine rings is 1. The standard InChI is InChI=1S/C27H27F3N6O3/c1-2-26(37)36-11-9-35(10-12-36)22-5-3-19(4-6-22)17-32-24-7-8-25(34-33-24)38-18-21-13-20(16-31)14-23(15-21)39-27(28,29)30/h3-8,13-15H,2,9-12,17-18H2,1H3,(H,32,33). The molecule has 1 aliphatic heterocycles. The van der Waals surface area contributed by atoms with Gasteiger partial charge in [-0.3, -0.25) is 4.79 Å². The molecule has 0 aliphatic carbocycles. The highest BCUT2D eigenvalue weighted by atomic mass is 19.4. The van der Waals surface area contributed by atoms with Gasteiger partial charge in [0.25, 0.3) is 0 Å². The van der Waals surface area contributed by atoms with Crippen molar-refractivity contribution in [1.82, 2.24) is 15.1 Å². The zero-order chi connectivity index (χ0) is 27.8. The summed E-state index contributed by atoms with van der Waals surface area (Å²) in [7, 11) is 0. The second-order valence-electron chi connectivity index (χ2n) is 8.81. The molecule has 1 N–H and O–H groups in total. The van der Waals surface area contributed by atoms with Gasteiger partial charge in [-0.15, -0.1) is 23.4 Å². The molecular weight excluding hydrogens is 513 g/mol. The van der Waals surface area contributed by atoms with Crippen LogP contribution in [0.1, 0.15) is 30.0 Å². The van der Waals surface area contributed by atoms with Gasteiger partial charge in [0.05, 0.1) is 11.6 Å². The second kappa shape index (κ2) is 12.3. The van der Waals surface area contributed by atoms with E-state index in [2.05, 4.69) is 37.3 Å². The van der Waals surface area contributed by atoms with Crippen molar-refractivity contribution in [2.75, 3.05) is 36.4 Å². The van der Waals surface area contributed by atoms with Crippen LogP contribution in [0.15, 0.2) is 54.6 Å². The molecule has 12 heteroatoms. The van der Waals surface area contributed by atoms with E-state index in [0.29, 0.717) is 24.3 Å². The third-order valence-electron chi connectivity index (χ3n) is 6.07. The Morgan fingerprint density at radius 3 is 2.38 bits per heavy atom. The van der Waals surface area contributed by atoms with E-state index in [1.807, 2.05) is 24.0 Å². The van der Waals surface area contributed by atoms with Gasteiger partial charge in [0.2, 0.25) is 11.8 Å². The summed E-state index contributed by atoms with van der Waals surface area (Å²) < 4.78 is 47.0. The van der Waals surface area contributed by atoms with E-state index in [1.165, 1.54) is 6.07 Å². The maximum absolute atomic E-state index is 12.5. The highest BCUT2D eigenvalue weighted by molar-refractivity contribution is 5.76. The number of alkyl halides is 3. The lowest BCUT2D eigenvalue weighted by Gasteiger charge is -2.36. The van der Waals surface area contributed by atoms with Crippen LogP contribution >= 0.6 is 0 Å². The summed E-state index contributed by atoms with van der Waals surface area (Å²) in [5, 5.41) is 20.3. The first kappa shape index (κ1) is 27.5. The highest BCUT2D eigenvalue weighted by Gasteiger charge is 2.31. The van der Waals surface area contributed by atoms with Crippen LogP contribution < -0.4 is 19.7 Å². The number of carbonyl (C=O) groups excluding carboxylic acids is 1. The molecule has 39 heavy (non-hydrogen) atoms. The number of hydrogen-bond acceptors (Lipinski definition) is 8. The number of carbonyl (C=O) groups is 1. The van der Waals surface area contributed by atoms with Gasteiger partial charge in [0, 0.05) is 50.9 Å². The van der Waals surface area contributed by atoms with Gasteiger partial charge in [-0.2, -0.15) is 5.26 Å². The number of benzene rings is 2. The lowest BCUT2D eigenvalue weighted by Crippen LogP contribution is -2.48. The number of nitrogens with zero attached hydrogens (tertiary/aromatic N) is 5. The Morgan fingerprint density at radius 1 is 1.03 bits per heavy atom. The van der Waals surface area contributed by atoms with Crippen LogP contribution in [-0.4, -0.2) is 53.5 Å². The minimum Gasteiger partial charge on any atom is -0.472 e. The Kier molecular flexibility index (Phi) is 8.70. The number of amides is 1. The van der Waals surface area contributed by atoms with Crippen LogP contribution in [0.4, 0.5) is 24.7 Å². The molecule has 3 aromatic rings.